The maximum Gasteiger partial charge on any atom is 0.307 e. The first-order chi connectivity index (χ1) is 10.5. The van der Waals surface area contributed by atoms with Gasteiger partial charge in [0.25, 0.3) is 0 Å². The smallest absolute Gasteiger partial charge is 0.307 e. The normalized spacial score (nSPS) is 30.3. The van der Waals surface area contributed by atoms with E-state index in [0.29, 0.717) is 0 Å². The highest BCUT2D eigenvalue weighted by molar-refractivity contribution is 5.87. The van der Waals surface area contributed by atoms with Crippen LogP contribution in [0.4, 0.5) is 0 Å². The van der Waals surface area contributed by atoms with Gasteiger partial charge in [0.15, 0.2) is 0 Å². The van der Waals surface area contributed by atoms with Crippen LogP contribution in [0.15, 0.2) is 36.4 Å². The molecule has 0 saturated heterocycles. The Balaban J connectivity index is 1.72. The van der Waals surface area contributed by atoms with Crippen LogP contribution in [0.5, 0.6) is 0 Å². The quantitative estimate of drug-likeness (QED) is 0.840. The molecule has 0 heterocycles. The van der Waals surface area contributed by atoms with Crippen molar-refractivity contribution < 1.29 is 14.7 Å². The van der Waals surface area contributed by atoms with Gasteiger partial charge in [-0.1, -0.05) is 42.0 Å². The standard InChI is InChI=1S/C18H21NO3/c1-10-3-5-12(6-4-10)11(2)19-17(20)15-13-7-8-14(9-13)16(15)18(21)22/h3-8,11,13-16H,9H2,1-2H3,(H,19,20)(H,21,22). The molecule has 2 aliphatic carbocycles. The van der Waals surface area contributed by atoms with Crippen molar-refractivity contribution >= 4 is 11.9 Å². The Morgan fingerprint density at radius 1 is 1.14 bits per heavy atom. The number of fused-ring (bicyclic) bond motifs is 2. The number of carboxylic acids is 1. The van der Waals surface area contributed by atoms with Crippen molar-refractivity contribution in [3.63, 3.8) is 0 Å². The van der Waals surface area contributed by atoms with Gasteiger partial charge in [0.05, 0.1) is 17.9 Å². The summed E-state index contributed by atoms with van der Waals surface area (Å²) < 4.78 is 0. The van der Waals surface area contributed by atoms with E-state index < -0.39 is 17.8 Å². The van der Waals surface area contributed by atoms with E-state index in [1.807, 2.05) is 50.3 Å². The van der Waals surface area contributed by atoms with Gasteiger partial charge in [0.2, 0.25) is 5.91 Å². The lowest BCUT2D eigenvalue weighted by Gasteiger charge is -2.26. The molecule has 116 valence electrons. The molecular formula is C18H21NO3. The molecule has 2 bridgehead atoms. The zero-order valence-electron chi connectivity index (χ0n) is 12.8. The highest BCUT2D eigenvalue weighted by Gasteiger charge is 2.51. The van der Waals surface area contributed by atoms with Crippen LogP contribution in [0.1, 0.15) is 30.5 Å². The van der Waals surface area contributed by atoms with Crippen LogP contribution in [0.2, 0.25) is 0 Å². The average molecular weight is 299 g/mol. The average Bonchev–Trinajstić information content (AvgIpc) is 3.08. The van der Waals surface area contributed by atoms with Crippen LogP contribution in [0.3, 0.4) is 0 Å². The second kappa shape index (κ2) is 5.59. The van der Waals surface area contributed by atoms with E-state index in [0.717, 1.165) is 12.0 Å². The Bertz CT molecular complexity index is 620. The van der Waals surface area contributed by atoms with Crippen LogP contribution in [0, 0.1) is 30.6 Å². The fourth-order valence-corrected chi connectivity index (χ4v) is 3.76. The topological polar surface area (TPSA) is 66.4 Å². The van der Waals surface area contributed by atoms with Crippen molar-refractivity contribution in [2.24, 2.45) is 23.7 Å². The Morgan fingerprint density at radius 2 is 1.73 bits per heavy atom. The summed E-state index contributed by atoms with van der Waals surface area (Å²) in [4.78, 5) is 24.1. The minimum Gasteiger partial charge on any atom is -0.481 e. The summed E-state index contributed by atoms with van der Waals surface area (Å²) in [5.74, 6) is -1.96. The van der Waals surface area contributed by atoms with Crippen LogP contribution < -0.4 is 5.32 Å². The molecule has 5 atom stereocenters. The van der Waals surface area contributed by atoms with Gasteiger partial charge in [0, 0.05) is 0 Å². The van der Waals surface area contributed by atoms with Crippen molar-refractivity contribution in [1.29, 1.82) is 0 Å². The summed E-state index contributed by atoms with van der Waals surface area (Å²) in [5.41, 5.74) is 2.20. The van der Waals surface area contributed by atoms with E-state index >= 15 is 0 Å². The number of nitrogens with one attached hydrogen (secondary N) is 1. The van der Waals surface area contributed by atoms with Crippen molar-refractivity contribution in [1.82, 2.24) is 5.32 Å². The van der Waals surface area contributed by atoms with Crippen LogP contribution in [-0.2, 0) is 9.59 Å². The van der Waals surface area contributed by atoms with Gasteiger partial charge in [-0.15, -0.1) is 0 Å². The maximum atomic E-state index is 12.6. The fourth-order valence-electron chi connectivity index (χ4n) is 3.76. The van der Waals surface area contributed by atoms with Gasteiger partial charge in [-0.25, -0.2) is 0 Å². The summed E-state index contributed by atoms with van der Waals surface area (Å²) in [6, 6.07) is 7.90. The Kier molecular flexibility index (Phi) is 3.77. The lowest BCUT2D eigenvalue weighted by atomic mass is 9.82. The first-order valence-corrected chi connectivity index (χ1v) is 7.75. The van der Waals surface area contributed by atoms with E-state index in [1.165, 1.54) is 5.56 Å². The molecule has 4 heteroatoms. The number of carbonyl (C=O) groups is 2. The number of allylic oxidation sites excluding steroid dienone is 2. The molecule has 1 aromatic rings. The summed E-state index contributed by atoms with van der Waals surface area (Å²) in [6.07, 6.45) is 4.75. The van der Waals surface area contributed by atoms with Gasteiger partial charge >= 0.3 is 5.97 Å². The highest BCUT2D eigenvalue weighted by Crippen LogP contribution is 2.48. The molecule has 22 heavy (non-hydrogen) atoms. The minimum atomic E-state index is -0.861. The molecule has 1 amide bonds. The molecule has 1 aromatic carbocycles. The second-order valence-corrected chi connectivity index (χ2v) is 6.48. The van der Waals surface area contributed by atoms with Gasteiger partial charge < -0.3 is 10.4 Å². The Hall–Kier alpha value is -2.10. The Morgan fingerprint density at radius 3 is 2.32 bits per heavy atom. The molecule has 0 aliphatic heterocycles. The van der Waals surface area contributed by atoms with Crippen molar-refractivity contribution in [3.8, 4) is 0 Å². The molecule has 1 saturated carbocycles. The van der Waals surface area contributed by atoms with Crippen molar-refractivity contribution in [2.45, 2.75) is 26.3 Å². The third-order valence-electron chi connectivity index (χ3n) is 4.98. The van der Waals surface area contributed by atoms with Gasteiger partial charge in [-0.3, -0.25) is 9.59 Å². The largest absolute Gasteiger partial charge is 0.481 e. The predicted molar refractivity (Wildman–Crippen MR) is 83.1 cm³/mol. The zero-order valence-corrected chi connectivity index (χ0v) is 12.8. The monoisotopic (exact) mass is 299 g/mol. The summed E-state index contributed by atoms with van der Waals surface area (Å²) in [6.45, 7) is 3.95. The van der Waals surface area contributed by atoms with E-state index in [4.69, 9.17) is 0 Å². The number of hydrogen-bond acceptors (Lipinski definition) is 2. The number of carboxylic acid groups (broad SMARTS) is 1. The molecule has 3 rings (SSSR count). The molecular weight excluding hydrogens is 278 g/mol. The molecule has 0 spiro atoms. The van der Waals surface area contributed by atoms with Crippen molar-refractivity contribution in [2.75, 3.05) is 0 Å². The van der Waals surface area contributed by atoms with Gasteiger partial charge in [-0.2, -0.15) is 0 Å². The summed E-state index contributed by atoms with van der Waals surface area (Å²) >= 11 is 0. The fraction of sp³-hybridized carbons (Fsp3) is 0.444. The van der Waals surface area contributed by atoms with Crippen molar-refractivity contribution in [3.05, 3.63) is 47.5 Å². The number of carbonyl (C=O) groups excluding carboxylic acids is 1. The molecule has 2 N–H and O–H groups in total. The molecule has 1 fully saturated rings. The van der Waals surface area contributed by atoms with Crippen LogP contribution in [0.25, 0.3) is 0 Å². The number of hydrogen-bond donors (Lipinski definition) is 2. The maximum absolute atomic E-state index is 12.6. The predicted octanol–water partition coefficient (Wildman–Crippen LogP) is 2.70. The number of aryl methyl sites for hydroxylation is 1. The molecule has 0 aromatic heterocycles. The van der Waals surface area contributed by atoms with Gasteiger partial charge in [0.1, 0.15) is 0 Å². The summed E-state index contributed by atoms with van der Waals surface area (Å²) in [5, 5.41) is 12.4. The van der Waals surface area contributed by atoms with E-state index in [9.17, 15) is 14.7 Å². The van der Waals surface area contributed by atoms with E-state index in [1.54, 1.807) is 0 Å². The third kappa shape index (κ3) is 2.54. The first kappa shape index (κ1) is 14.8. The zero-order chi connectivity index (χ0) is 15.9. The lowest BCUT2D eigenvalue weighted by molar-refractivity contribution is -0.148. The molecule has 2 aliphatic rings. The van der Waals surface area contributed by atoms with Crippen LogP contribution >= 0.6 is 0 Å². The van der Waals surface area contributed by atoms with E-state index in [2.05, 4.69) is 5.32 Å². The second-order valence-electron chi connectivity index (χ2n) is 6.48. The highest BCUT2D eigenvalue weighted by atomic mass is 16.4. The number of amides is 1. The number of aliphatic carboxylic acids is 1. The molecule has 4 nitrogen and oxygen atoms in total. The first-order valence-electron chi connectivity index (χ1n) is 7.75. The third-order valence-corrected chi connectivity index (χ3v) is 4.98. The number of rotatable bonds is 4. The van der Waals surface area contributed by atoms with Crippen LogP contribution in [-0.4, -0.2) is 17.0 Å². The summed E-state index contributed by atoms with van der Waals surface area (Å²) in [7, 11) is 0. The lowest BCUT2D eigenvalue weighted by Crippen LogP contribution is -2.41. The van der Waals surface area contributed by atoms with E-state index in [-0.39, 0.29) is 23.8 Å². The Labute approximate surface area is 130 Å². The SMILES string of the molecule is Cc1ccc(C(C)NC(=O)C2C3C=CC(C3)C2C(=O)O)cc1. The minimum absolute atomic E-state index is 0.00734. The number of benzene rings is 1. The molecule has 5 unspecified atom stereocenters. The molecule has 0 radical (unpaired) electrons. The van der Waals surface area contributed by atoms with Gasteiger partial charge in [-0.05, 0) is 37.7 Å².